The van der Waals surface area contributed by atoms with Gasteiger partial charge in [-0.1, -0.05) is 6.92 Å². The van der Waals surface area contributed by atoms with E-state index in [1.807, 2.05) is 12.3 Å². The SMILES string of the molecule is CCC(C)N(CCOC)c1nccc(C)c1CN. The van der Waals surface area contributed by atoms with Gasteiger partial charge in [0, 0.05) is 38.0 Å². The molecule has 4 nitrogen and oxygen atoms in total. The molecule has 0 spiro atoms. The molecule has 1 aromatic rings. The Morgan fingerprint density at radius 2 is 2.22 bits per heavy atom. The largest absolute Gasteiger partial charge is 0.383 e. The van der Waals surface area contributed by atoms with Gasteiger partial charge in [0.15, 0.2) is 0 Å². The van der Waals surface area contributed by atoms with Crippen LogP contribution in [0.15, 0.2) is 12.3 Å². The summed E-state index contributed by atoms with van der Waals surface area (Å²) in [5, 5.41) is 0. The molecule has 0 amide bonds. The molecule has 102 valence electrons. The number of anilines is 1. The molecule has 0 aliphatic rings. The van der Waals surface area contributed by atoms with Crippen molar-refractivity contribution in [1.82, 2.24) is 4.98 Å². The zero-order chi connectivity index (χ0) is 13.5. The minimum atomic E-state index is 0.430. The van der Waals surface area contributed by atoms with Crippen LogP contribution in [-0.4, -0.2) is 31.3 Å². The van der Waals surface area contributed by atoms with Crippen LogP contribution in [-0.2, 0) is 11.3 Å². The number of aromatic nitrogens is 1. The van der Waals surface area contributed by atoms with Crippen LogP contribution in [0.5, 0.6) is 0 Å². The van der Waals surface area contributed by atoms with Crippen LogP contribution >= 0.6 is 0 Å². The zero-order valence-electron chi connectivity index (χ0n) is 11.9. The molecule has 1 heterocycles. The average molecular weight is 251 g/mol. The Morgan fingerprint density at radius 1 is 1.50 bits per heavy atom. The van der Waals surface area contributed by atoms with E-state index in [9.17, 15) is 0 Å². The lowest BCUT2D eigenvalue weighted by molar-refractivity contribution is 0.203. The molecular formula is C14H25N3O. The van der Waals surface area contributed by atoms with Crippen LogP contribution in [0.2, 0.25) is 0 Å². The van der Waals surface area contributed by atoms with E-state index in [-0.39, 0.29) is 0 Å². The number of nitrogens with two attached hydrogens (primary N) is 1. The highest BCUT2D eigenvalue weighted by atomic mass is 16.5. The number of nitrogens with zero attached hydrogens (tertiary/aromatic N) is 2. The van der Waals surface area contributed by atoms with E-state index in [4.69, 9.17) is 10.5 Å². The minimum Gasteiger partial charge on any atom is -0.383 e. The summed E-state index contributed by atoms with van der Waals surface area (Å²) in [5.41, 5.74) is 8.20. The van der Waals surface area contributed by atoms with Crippen LogP contribution in [0, 0.1) is 6.92 Å². The van der Waals surface area contributed by atoms with E-state index in [1.165, 1.54) is 5.56 Å². The third-order valence-corrected chi connectivity index (χ3v) is 3.40. The van der Waals surface area contributed by atoms with Gasteiger partial charge in [0.1, 0.15) is 5.82 Å². The molecule has 2 N–H and O–H groups in total. The summed E-state index contributed by atoms with van der Waals surface area (Å²) in [6.45, 7) is 8.54. The Bertz CT molecular complexity index is 368. The summed E-state index contributed by atoms with van der Waals surface area (Å²) in [5.74, 6) is 1.00. The van der Waals surface area contributed by atoms with Gasteiger partial charge in [-0.3, -0.25) is 0 Å². The number of hydrogen-bond donors (Lipinski definition) is 1. The van der Waals surface area contributed by atoms with Gasteiger partial charge in [0.25, 0.3) is 0 Å². The predicted octanol–water partition coefficient (Wildman–Crippen LogP) is 2.10. The van der Waals surface area contributed by atoms with Crippen molar-refractivity contribution >= 4 is 5.82 Å². The van der Waals surface area contributed by atoms with Crippen molar-refractivity contribution in [2.45, 2.75) is 39.8 Å². The fourth-order valence-electron chi connectivity index (χ4n) is 2.02. The van der Waals surface area contributed by atoms with Crippen molar-refractivity contribution in [3.8, 4) is 0 Å². The third kappa shape index (κ3) is 3.43. The van der Waals surface area contributed by atoms with Crippen LogP contribution in [0.25, 0.3) is 0 Å². The monoisotopic (exact) mass is 251 g/mol. The van der Waals surface area contributed by atoms with Gasteiger partial charge in [-0.05, 0) is 31.9 Å². The number of rotatable bonds is 7. The Kier molecular flexibility index (Phi) is 6.09. The standard InChI is InChI=1S/C14H25N3O/c1-5-12(3)17(8-9-18-4)14-13(10-15)11(2)6-7-16-14/h6-7,12H,5,8-10,15H2,1-4H3. The molecule has 1 rings (SSSR count). The molecule has 0 radical (unpaired) electrons. The smallest absolute Gasteiger partial charge is 0.133 e. The number of methoxy groups -OCH3 is 1. The van der Waals surface area contributed by atoms with Crippen molar-refractivity contribution < 1.29 is 4.74 Å². The maximum absolute atomic E-state index is 5.86. The van der Waals surface area contributed by atoms with E-state index in [1.54, 1.807) is 7.11 Å². The molecule has 0 fully saturated rings. The molecule has 0 saturated heterocycles. The quantitative estimate of drug-likeness (QED) is 0.806. The summed E-state index contributed by atoms with van der Waals surface area (Å²) in [7, 11) is 1.72. The molecule has 0 aliphatic carbocycles. The molecule has 0 aliphatic heterocycles. The fourth-order valence-corrected chi connectivity index (χ4v) is 2.02. The lowest BCUT2D eigenvalue weighted by Gasteiger charge is -2.31. The third-order valence-electron chi connectivity index (χ3n) is 3.40. The Hall–Kier alpha value is -1.13. The van der Waals surface area contributed by atoms with E-state index in [0.717, 1.165) is 24.3 Å². The first-order chi connectivity index (χ1) is 8.65. The number of aryl methyl sites for hydroxylation is 1. The molecule has 1 atom stereocenters. The van der Waals surface area contributed by atoms with Gasteiger partial charge in [0.2, 0.25) is 0 Å². The van der Waals surface area contributed by atoms with Gasteiger partial charge >= 0.3 is 0 Å². The summed E-state index contributed by atoms with van der Waals surface area (Å²) in [4.78, 5) is 6.81. The maximum Gasteiger partial charge on any atom is 0.133 e. The highest BCUT2D eigenvalue weighted by Gasteiger charge is 2.17. The van der Waals surface area contributed by atoms with Crippen molar-refractivity contribution in [2.24, 2.45) is 5.73 Å². The van der Waals surface area contributed by atoms with E-state index in [0.29, 0.717) is 19.2 Å². The summed E-state index contributed by atoms with van der Waals surface area (Å²) < 4.78 is 5.19. The molecule has 0 saturated carbocycles. The molecule has 4 heteroatoms. The van der Waals surface area contributed by atoms with E-state index < -0.39 is 0 Å². The van der Waals surface area contributed by atoms with Crippen molar-refractivity contribution in [1.29, 1.82) is 0 Å². The molecule has 0 aromatic carbocycles. The van der Waals surface area contributed by atoms with Gasteiger partial charge < -0.3 is 15.4 Å². The second kappa shape index (κ2) is 7.34. The highest BCUT2D eigenvalue weighted by Crippen LogP contribution is 2.23. The summed E-state index contributed by atoms with van der Waals surface area (Å²) in [6.07, 6.45) is 2.93. The Balaban J connectivity index is 3.07. The van der Waals surface area contributed by atoms with Gasteiger partial charge in [-0.25, -0.2) is 4.98 Å². The highest BCUT2D eigenvalue weighted by molar-refractivity contribution is 5.51. The second-order valence-electron chi connectivity index (χ2n) is 4.58. The van der Waals surface area contributed by atoms with Gasteiger partial charge in [-0.2, -0.15) is 0 Å². The van der Waals surface area contributed by atoms with Crippen molar-refractivity contribution in [2.75, 3.05) is 25.2 Å². The van der Waals surface area contributed by atoms with Crippen molar-refractivity contribution in [3.63, 3.8) is 0 Å². The predicted molar refractivity (Wildman–Crippen MR) is 75.8 cm³/mol. The normalized spacial score (nSPS) is 12.5. The lowest BCUT2D eigenvalue weighted by Crippen LogP contribution is -2.37. The van der Waals surface area contributed by atoms with Crippen molar-refractivity contribution in [3.05, 3.63) is 23.4 Å². The molecule has 1 aromatic heterocycles. The van der Waals surface area contributed by atoms with Crippen LogP contribution < -0.4 is 10.6 Å². The molecule has 18 heavy (non-hydrogen) atoms. The Labute approximate surface area is 110 Å². The minimum absolute atomic E-state index is 0.430. The molecule has 1 unspecified atom stereocenters. The Morgan fingerprint density at radius 3 is 2.78 bits per heavy atom. The molecule has 0 bridgehead atoms. The lowest BCUT2D eigenvalue weighted by atomic mass is 10.1. The van der Waals surface area contributed by atoms with E-state index >= 15 is 0 Å². The first-order valence-electron chi connectivity index (χ1n) is 6.55. The zero-order valence-corrected chi connectivity index (χ0v) is 11.9. The average Bonchev–Trinajstić information content (AvgIpc) is 2.39. The van der Waals surface area contributed by atoms with E-state index in [2.05, 4.69) is 30.7 Å². The summed E-state index contributed by atoms with van der Waals surface area (Å²) in [6, 6.07) is 2.44. The maximum atomic E-state index is 5.86. The van der Waals surface area contributed by atoms with Crippen LogP contribution in [0.4, 0.5) is 5.82 Å². The van der Waals surface area contributed by atoms with Crippen LogP contribution in [0.1, 0.15) is 31.4 Å². The fraction of sp³-hybridized carbons (Fsp3) is 0.643. The number of hydrogen-bond acceptors (Lipinski definition) is 4. The number of pyridine rings is 1. The first-order valence-corrected chi connectivity index (χ1v) is 6.55. The number of ether oxygens (including phenoxy) is 1. The van der Waals surface area contributed by atoms with Gasteiger partial charge in [-0.15, -0.1) is 0 Å². The first kappa shape index (κ1) is 14.9. The van der Waals surface area contributed by atoms with Crippen LogP contribution in [0.3, 0.4) is 0 Å². The van der Waals surface area contributed by atoms with Gasteiger partial charge in [0.05, 0.1) is 6.61 Å². The second-order valence-corrected chi connectivity index (χ2v) is 4.58. The molecular weight excluding hydrogens is 226 g/mol. The topological polar surface area (TPSA) is 51.4 Å². The summed E-state index contributed by atoms with van der Waals surface area (Å²) >= 11 is 0.